The van der Waals surface area contributed by atoms with E-state index in [4.69, 9.17) is 0 Å². The van der Waals surface area contributed by atoms with Gasteiger partial charge in [-0.25, -0.2) is 8.42 Å². The van der Waals surface area contributed by atoms with Crippen LogP contribution in [0.2, 0.25) is 0 Å². The number of rotatable bonds is 6. The number of fused-ring (bicyclic) bond motifs is 1. The zero-order valence-electron chi connectivity index (χ0n) is 12.1. The van der Waals surface area contributed by atoms with Gasteiger partial charge in [0.15, 0.2) is 0 Å². The average molecular weight is 314 g/mol. The van der Waals surface area contributed by atoms with Crippen LogP contribution in [0, 0.1) is 0 Å². The molecule has 0 unspecified atom stereocenters. The summed E-state index contributed by atoms with van der Waals surface area (Å²) >= 11 is 0. The van der Waals surface area contributed by atoms with E-state index in [0.29, 0.717) is 12.1 Å². The monoisotopic (exact) mass is 314 g/mol. The van der Waals surface area contributed by atoms with Crippen LogP contribution < -0.4 is 4.72 Å². The molecule has 0 bridgehead atoms. The summed E-state index contributed by atoms with van der Waals surface area (Å²) in [6.07, 6.45) is 3.20. The van der Waals surface area contributed by atoms with Crippen LogP contribution in [0.3, 0.4) is 0 Å². The third-order valence-corrected chi connectivity index (χ3v) is 4.92. The quantitative estimate of drug-likeness (QED) is 0.731. The fourth-order valence-electron chi connectivity index (χ4n) is 2.45. The van der Waals surface area contributed by atoms with Crippen LogP contribution in [0.4, 0.5) is 5.69 Å². The van der Waals surface area contributed by atoms with Crippen molar-refractivity contribution in [3.63, 3.8) is 0 Å². The summed E-state index contributed by atoms with van der Waals surface area (Å²) in [7, 11) is -3.32. The lowest BCUT2D eigenvalue weighted by Crippen LogP contribution is -2.17. The van der Waals surface area contributed by atoms with E-state index >= 15 is 0 Å². The maximum Gasteiger partial charge on any atom is 0.232 e. The first kappa shape index (κ1) is 14.7. The second-order valence-corrected chi connectivity index (χ2v) is 7.13. The third kappa shape index (κ3) is 3.68. The average Bonchev–Trinajstić information content (AvgIpc) is 2.95. The molecule has 2 N–H and O–H groups in total. The third-order valence-electron chi connectivity index (χ3n) is 3.55. The van der Waals surface area contributed by atoms with Gasteiger partial charge in [0.25, 0.3) is 0 Å². The molecule has 0 amide bonds. The minimum absolute atomic E-state index is 0.116. The summed E-state index contributed by atoms with van der Waals surface area (Å²) in [4.78, 5) is 3.08. The van der Waals surface area contributed by atoms with Crippen LogP contribution in [0.15, 0.2) is 60.8 Å². The molecule has 0 radical (unpaired) electrons. The van der Waals surface area contributed by atoms with Gasteiger partial charge in [0.2, 0.25) is 10.0 Å². The Morgan fingerprint density at radius 2 is 1.82 bits per heavy atom. The van der Waals surface area contributed by atoms with Crippen molar-refractivity contribution in [2.24, 2.45) is 0 Å². The van der Waals surface area contributed by atoms with Crippen LogP contribution in [-0.2, 0) is 16.4 Å². The zero-order valence-corrected chi connectivity index (χ0v) is 12.9. The van der Waals surface area contributed by atoms with Gasteiger partial charge in [0.05, 0.1) is 11.4 Å². The maximum atomic E-state index is 12.1. The molecular formula is C17H18N2O2S. The second-order valence-electron chi connectivity index (χ2n) is 5.29. The number of aromatic amines is 1. The molecule has 4 nitrogen and oxygen atoms in total. The molecule has 0 saturated heterocycles. The van der Waals surface area contributed by atoms with Gasteiger partial charge >= 0.3 is 0 Å². The fourth-order valence-corrected chi connectivity index (χ4v) is 3.57. The second kappa shape index (κ2) is 6.23. The predicted octanol–water partition coefficient (Wildman–Crippen LogP) is 3.54. The number of H-pyrrole nitrogens is 1. The van der Waals surface area contributed by atoms with Crippen LogP contribution in [-0.4, -0.2) is 19.2 Å². The van der Waals surface area contributed by atoms with Crippen molar-refractivity contribution < 1.29 is 8.42 Å². The Morgan fingerprint density at radius 3 is 2.64 bits per heavy atom. The molecular weight excluding hydrogens is 296 g/mol. The summed E-state index contributed by atoms with van der Waals surface area (Å²) in [5.41, 5.74) is 2.67. The molecule has 0 fully saturated rings. The van der Waals surface area contributed by atoms with Crippen molar-refractivity contribution in [3.8, 4) is 0 Å². The lowest BCUT2D eigenvalue weighted by Gasteiger charge is -2.08. The van der Waals surface area contributed by atoms with Crippen LogP contribution in [0.1, 0.15) is 12.0 Å². The van der Waals surface area contributed by atoms with Gasteiger partial charge in [-0.05, 0) is 42.0 Å². The summed E-state index contributed by atoms with van der Waals surface area (Å²) < 4.78 is 26.9. The largest absolute Gasteiger partial charge is 0.361 e. The number of benzene rings is 2. The highest BCUT2D eigenvalue weighted by molar-refractivity contribution is 7.92. The van der Waals surface area contributed by atoms with Crippen molar-refractivity contribution in [2.45, 2.75) is 12.8 Å². The van der Waals surface area contributed by atoms with E-state index in [1.165, 1.54) is 0 Å². The van der Waals surface area contributed by atoms with E-state index in [1.807, 2.05) is 54.7 Å². The van der Waals surface area contributed by atoms with Crippen molar-refractivity contribution >= 4 is 26.6 Å². The minimum atomic E-state index is -3.32. The molecule has 114 valence electrons. The molecule has 2 aromatic carbocycles. The van der Waals surface area contributed by atoms with E-state index in [9.17, 15) is 8.42 Å². The van der Waals surface area contributed by atoms with Crippen LogP contribution >= 0.6 is 0 Å². The van der Waals surface area contributed by atoms with Crippen LogP contribution in [0.25, 0.3) is 10.9 Å². The Balaban J connectivity index is 1.60. The molecule has 0 spiro atoms. The van der Waals surface area contributed by atoms with Gasteiger partial charge in [-0.2, -0.15) is 0 Å². The zero-order chi connectivity index (χ0) is 15.4. The summed E-state index contributed by atoms with van der Waals surface area (Å²) in [5, 5.41) is 1.06. The lowest BCUT2D eigenvalue weighted by molar-refractivity contribution is 0.598. The SMILES string of the molecule is O=S(=O)(CCCc1ccccc1)Nc1ccc2cc[nH]c2c1. The normalized spacial score (nSPS) is 11.6. The number of nitrogens with one attached hydrogen (secondary N) is 2. The highest BCUT2D eigenvalue weighted by Crippen LogP contribution is 2.19. The molecule has 0 atom stereocenters. The number of aromatic nitrogens is 1. The van der Waals surface area contributed by atoms with Crippen molar-refractivity contribution in [2.75, 3.05) is 10.5 Å². The van der Waals surface area contributed by atoms with Crippen LogP contribution in [0.5, 0.6) is 0 Å². The number of hydrogen-bond acceptors (Lipinski definition) is 2. The number of sulfonamides is 1. The van der Waals surface area contributed by atoms with Gasteiger partial charge in [-0.15, -0.1) is 0 Å². The standard InChI is InChI=1S/C17H18N2O2S/c20-22(21,12-4-7-14-5-2-1-3-6-14)19-16-9-8-15-10-11-18-17(15)13-16/h1-3,5-6,8-11,13,18-19H,4,7,12H2. The lowest BCUT2D eigenvalue weighted by atomic mass is 10.1. The molecule has 0 saturated carbocycles. The summed E-state index contributed by atoms with van der Waals surface area (Å²) in [6.45, 7) is 0. The highest BCUT2D eigenvalue weighted by atomic mass is 32.2. The number of hydrogen-bond donors (Lipinski definition) is 2. The molecule has 3 aromatic rings. The topological polar surface area (TPSA) is 62.0 Å². The van der Waals surface area contributed by atoms with Gasteiger partial charge in [0, 0.05) is 11.7 Å². The highest BCUT2D eigenvalue weighted by Gasteiger charge is 2.10. The molecule has 5 heteroatoms. The fraction of sp³-hybridized carbons (Fsp3) is 0.176. The van der Waals surface area contributed by atoms with Gasteiger partial charge < -0.3 is 4.98 Å². The molecule has 0 aliphatic rings. The van der Waals surface area contributed by atoms with E-state index in [1.54, 1.807) is 6.07 Å². The Kier molecular flexibility index (Phi) is 4.15. The van der Waals surface area contributed by atoms with E-state index in [2.05, 4.69) is 9.71 Å². The number of anilines is 1. The molecule has 3 rings (SSSR count). The van der Waals surface area contributed by atoms with E-state index < -0.39 is 10.0 Å². The van der Waals surface area contributed by atoms with Crippen molar-refractivity contribution in [1.29, 1.82) is 0 Å². The van der Waals surface area contributed by atoms with Gasteiger partial charge in [-0.1, -0.05) is 36.4 Å². The van der Waals surface area contributed by atoms with Crippen molar-refractivity contribution in [3.05, 3.63) is 66.4 Å². The maximum absolute atomic E-state index is 12.1. The summed E-state index contributed by atoms with van der Waals surface area (Å²) in [6, 6.07) is 17.4. The van der Waals surface area contributed by atoms with E-state index in [-0.39, 0.29) is 5.75 Å². The molecule has 0 aliphatic heterocycles. The van der Waals surface area contributed by atoms with Gasteiger partial charge in [-0.3, -0.25) is 4.72 Å². The Morgan fingerprint density at radius 1 is 1.00 bits per heavy atom. The van der Waals surface area contributed by atoms with Gasteiger partial charge in [0.1, 0.15) is 0 Å². The first-order valence-corrected chi connectivity index (χ1v) is 8.89. The number of aryl methyl sites for hydroxylation is 1. The first-order chi connectivity index (χ1) is 10.6. The molecule has 22 heavy (non-hydrogen) atoms. The smallest absolute Gasteiger partial charge is 0.232 e. The summed E-state index contributed by atoms with van der Waals surface area (Å²) in [5.74, 6) is 0.116. The molecule has 0 aliphatic carbocycles. The van der Waals surface area contributed by atoms with E-state index in [0.717, 1.165) is 22.9 Å². The Labute approximate surface area is 130 Å². The first-order valence-electron chi connectivity index (χ1n) is 7.24. The predicted molar refractivity (Wildman–Crippen MR) is 90.5 cm³/mol. The molecule has 1 heterocycles. The van der Waals surface area contributed by atoms with Crippen molar-refractivity contribution in [1.82, 2.24) is 4.98 Å². The Bertz CT molecular complexity index is 855. The molecule has 1 aromatic heterocycles. The minimum Gasteiger partial charge on any atom is -0.361 e. The Hall–Kier alpha value is -2.27.